The Morgan fingerprint density at radius 1 is 0.722 bits per heavy atom. The molecule has 10 nitrogen and oxygen atoms in total. The third-order valence-electron chi connectivity index (χ3n) is 6.14. The van der Waals surface area contributed by atoms with Crippen LogP contribution in [0.2, 0.25) is 0 Å². The first kappa shape index (κ1) is 24.9. The maximum absolute atomic E-state index is 13.2. The fraction of sp³-hybridized carbons (Fsp3) is 0.346. The summed E-state index contributed by atoms with van der Waals surface area (Å²) >= 11 is 0. The molecule has 0 radical (unpaired) electrons. The van der Waals surface area contributed by atoms with E-state index in [1.54, 1.807) is 46.6 Å². The molecule has 1 aromatic heterocycles. The first-order valence-corrected chi connectivity index (χ1v) is 11.4. The lowest BCUT2D eigenvalue weighted by Gasteiger charge is -2.35. The van der Waals surface area contributed by atoms with Crippen LogP contribution in [-0.4, -0.2) is 82.7 Å². The number of hydrogen-bond donors (Lipinski definition) is 0. The van der Waals surface area contributed by atoms with Crippen molar-refractivity contribution in [2.24, 2.45) is 0 Å². The van der Waals surface area contributed by atoms with Gasteiger partial charge in [0.05, 0.1) is 46.8 Å². The summed E-state index contributed by atoms with van der Waals surface area (Å²) in [6, 6.07) is 12.8. The number of piperazine rings is 1. The molecule has 1 aliphatic rings. The van der Waals surface area contributed by atoms with Crippen LogP contribution in [0.3, 0.4) is 0 Å². The molecule has 2 aromatic carbocycles. The highest BCUT2D eigenvalue weighted by Gasteiger charge is 2.26. The average molecular weight is 495 g/mol. The van der Waals surface area contributed by atoms with E-state index in [9.17, 15) is 4.79 Å². The number of carbonyl (C=O) groups is 1. The van der Waals surface area contributed by atoms with E-state index in [4.69, 9.17) is 23.7 Å². The second-order valence-electron chi connectivity index (χ2n) is 8.01. The van der Waals surface area contributed by atoms with Gasteiger partial charge in [-0.15, -0.1) is 10.2 Å². The quantitative estimate of drug-likeness (QED) is 0.468. The van der Waals surface area contributed by atoms with Crippen LogP contribution >= 0.6 is 0 Å². The molecule has 190 valence electrons. The molecule has 1 saturated heterocycles. The fourth-order valence-electron chi connectivity index (χ4n) is 4.24. The molecule has 1 amide bonds. The maximum atomic E-state index is 13.2. The van der Waals surface area contributed by atoms with E-state index in [1.165, 1.54) is 7.11 Å². The summed E-state index contributed by atoms with van der Waals surface area (Å²) in [5.41, 5.74) is 1.96. The molecule has 10 heteroatoms. The van der Waals surface area contributed by atoms with E-state index in [2.05, 4.69) is 15.1 Å². The number of aromatic nitrogens is 2. The minimum Gasteiger partial charge on any atom is -0.493 e. The summed E-state index contributed by atoms with van der Waals surface area (Å²) in [4.78, 5) is 17.1. The van der Waals surface area contributed by atoms with E-state index in [0.29, 0.717) is 66.2 Å². The predicted molar refractivity (Wildman–Crippen MR) is 135 cm³/mol. The molecule has 2 heterocycles. The topological polar surface area (TPSA) is 95.5 Å². The second-order valence-corrected chi connectivity index (χ2v) is 8.01. The zero-order valence-corrected chi connectivity index (χ0v) is 21.1. The van der Waals surface area contributed by atoms with Gasteiger partial charge in [0.1, 0.15) is 0 Å². The second kappa shape index (κ2) is 11.0. The zero-order chi connectivity index (χ0) is 25.7. The highest BCUT2D eigenvalue weighted by Crippen LogP contribution is 2.40. The molecule has 0 bridgehead atoms. The Morgan fingerprint density at radius 3 is 1.89 bits per heavy atom. The minimum atomic E-state index is -0.0887. The largest absolute Gasteiger partial charge is 0.493 e. The number of nitrogens with zero attached hydrogens (tertiary/aromatic N) is 4. The van der Waals surface area contributed by atoms with Gasteiger partial charge in [0, 0.05) is 31.7 Å². The van der Waals surface area contributed by atoms with Crippen molar-refractivity contribution < 1.29 is 28.5 Å². The van der Waals surface area contributed by atoms with Gasteiger partial charge in [0.15, 0.2) is 28.8 Å². The molecule has 0 aliphatic carbocycles. The number of carbonyl (C=O) groups excluding carboxylic acids is 1. The monoisotopic (exact) mass is 494 g/mol. The lowest BCUT2D eigenvalue weighted by Crippen LogP contribution is -2.49. The van der Waals surface area contributed by atoms with Crippen molar-refractivity contribution in [1.29, 1.82) is 0 Å². The van der Waals surface area contributed by atoms with Gasteiger partial charge in [-0.3, -0.25) is 4.79 Å². The van der Waals surface area contributed by atoms with Gasteiger partial charge in [0.25, 0.3) is 5.91 Å². The van der Waals surface area contributed by atoms with E-state index >= 15 is 0 Å². The number of hydrogen-bond acceptors (Lipinski definition) is 9. The van der Waals surface area contributed by atoms with E-state index < -0.39 is 0 Å². The standard InChI is InChI=1S/C26H30N4O6/c1-32-20-8-6-7-18(24(20)35-4)26(31)30-13-11-29(12-14-30)23-10-9-19(27-28-23)17-15-21(33-2)25(36-5)22(16-17)34-3/h6-10,15-16H,11-14H2,1-5H3. The summed E-state index contributed by atoms with van der Waals surface area (Å²) in [5.74, 6) is 3.25. The Kier molecular flexibility index (Phi) is 7.62. The molecular weight excluding hydrogens is 464 g/mol. The molecule has 1 aliphatic heterocycles. The van der Waals surface area contributed by atoms with Crippen molar-refractivity contribution in [1.82, 2.24) is 15.1 Å². The third-order valence-corrected chi connectivity index (χ3v) is 6.14. The van der Waals surface area contributed by atoms with Gasteiger partial charge in [-0.2, -0.15) is 0 Å². The third kappa shape index (κ3) is 4.79. The van der Waals surface area contributed by atoms with E-state index in [0.717, 1.165) is 11.4 Å². The SMILES string of the molecule is COc1cc(-c2ccc(N3CCN(C(=O)c4cccc(OC)c4OC)CC3)nn2)cc(OC)c1OC. The molecule has 0 unspecified atom stereocenters. The molecule has 1 fully saturated rings. The number of methoxy groups -OCH3 is 5. The Balaban J connectivity index is 1.46. The van der Waals surface area contributed by atoms with Gasteiger partial charge < -0.3 is 33.5 Å². The molecule has 0 atom stereocenters. The van der Waals surface area contributed by atoms with Gasteiger partial charge in [-0.05, 0) is 36.4 Å². The average Bonchev–Trinajstić information content (AvgIpc) is 2.95. The van der Waals surface area contributed by atoms with Crippen LogP contribution in [-0.2, 0) is 0 Å². The Hall–Kier alpha value is -4.21. The summed E-state index contributed by atoms with van der Waals surface area (Å²) < 4.78 is 27.0. The molecule has 4 rings (SSSR count). The maximum Gasteiger partial charge on any atom is 0.257 e. The first-order chi connectivity index (χ1) is 17.5. The number of anilines is 1. The van der Waals surface area contributed by atoms with Crippen molar-refractivity contribution in [3.63, 3.8) is 0 Å². The lowest BCUT2D eigenvalue weighted by molar-refractivity contribution is 0.0742. The molecular formula is C26H30N4O6. The van der Waals surface area contributed by atoms with Crippen LogP contribution in [0, 0.1) is 0 Å². The molecule has 0 spiro atoms. The molecule has 3 aromatic rings. The fourth-order valence-corrected chi connectivity index (χ4v) is 4.24. The van der Waals surface area contributed by atoms with Crippen LogP contribution < -0.4 is 28.6 Å². The number of benzene rings is 2. The smallest absolute Gasteiger partial charge is 0.257 e. The number of rotatable bonds is 8. The summed E-state index contributed by atoms with van der Waals surface area (Å²) in [5, 5.41) is 8.85. The zero-order valence-electron chi connectivity index (χ0n) is 21.1. The first-order valence-electron chi connectivity index (χ1n) is 11.4. The van der Waals surface area contributed by atoms with Gasteiger partial charge in [0.2, 0.25) is 5.75 Å². The Bertz CT molecular complexity index is 1180. The summed E-state index contributed by atoms with van der Waals surface area (Å²) in [7, 11) is 7.80. The number of para-hydroxylation sites is 1. The van der Waals surface area contributed by atoms with Crippen LogP contribution in [0.1, 0.15) is 10.4 Å². The van der Waals surface area contributed by atoms with Crippen LogP contribution in [0.4, 0.5) is 5.82 Å². The molecule has 36 heavy (non-hydrogen) atoms. The number of amides is 1. The molecule has 0 N–H and O–H groups in total. The van der Waals surface area contributed by atoms with Crippen molar-refractivity contribution in [3.8, 4) is 40.0 Å². The highest BCUT2D eigenvalue weighted by molar-refractivity contribution is 5.98. The normalized spacial score (nSPS) is 13.2. The van der Waals surface area contributed by atoms with Gasteiger partial charge >= 0.3 is 0 Å². The van der Waals surface area contributed by atoms with Crippen molar-refractivity contribution in [2.45, 2.75) is 0 Å². The number of ether oxygens (including phenoxy) is 5. The minimum absolute atomic E-state index is 0.0887. The Morgan fingerprint density at radius 2 is 1.36 bits per heavy atom. The van der Waals surface area contributed by atoms with Gasteiger partial charge in [-0.25, -0.2) is 0 Å². The summed E-state index contributed by atoms with van der Waals surface area (Å²) in [6.07, 6.45) is 0. The van der Waals surface area contributed by atoms with Crippen molar-refractivity contribution >= 4 is 11.7 Å². The van der Waals surface area contributed by atoms with Crippen molar-refractivity contribution in [3.05, 3.63) is 48.0 Å². The summed E-state index contributed by atoms with van der Waals surface area (Å²) in [6.45, 7) is 2.37. The van der Waals surface area contributed by atoms with Crippen LogP contribution in [0.15, 0.2) is 42.5 Å². The van der Waals surface area contributed by atoms with Gasteiger partial charge in [-0.1, -0.05) is 6.07 Å². The predicted octanol–water partition coefficient (Wildman–Crippen LogP) is 3.15. The van der Waals surface area contributed by atoms with E-state index in [1.807, 2.05) is 29.2 Å². The highest BCUT2D eigenvalue weighted by atomic mass is 16.5. The lowest BCUT2D eigenvalue weighted by atomic mass is 10.1. The van der Waals surface area contributed by atoms with E-state index in [-0.39, 0.29) is 5.91 Å². The Labute approximate surface area is 210 Å². The van der Waals surface area contributed by atoms with Crippen LogP contribution in [0.5, 0.6) is 28.7 Å². The van der Waals surface area contributed by atoms with Crippen LogP contribution in [0.25, 0.3) is 11.3 Å². The molecule has 0 saturated carbocycles. The van der Waals surface area contributed by atoms with Crippen molar-refractivity contribution in [2.75, 3.05) is 66.6 Å².